The number of methoxy groups -OCH3 is 2. The number of rotatable bonds is 8. The van der Waals surface area contributed by atoms with E-state index in [0.29, 0.717) is 17.2 Å². The minimum absolute atomic E-state index is 0.0837. The van der Waals surface area contributed by atoms with Crippen molar-refractivity contribution in [1.82, 2.24) is 0 Å². The zero-order valence-electron chi connectivity index (χ0n) is 16.2. The Hall–Kier alpha value is -2.67. The number of thioether (sulfide) groups is 1. The Balaban J connectivity index is 1.58. The van der Waals surface area contributed by atoms with Crippen molar-refractivity contribution in [3.05, 3.63) is 42.5 Å². The van der Waals surface area contributed by atoms with Gasteiger partial charge >= 0.3 is 0 Å². The van der Waals surface area contributed by atoms with E-state index in [1.54, 1.807) is 32.4 Å². The van der Waals surface area contributed by atoms with Gasteiger partial charge in [-0.05, 0) is 56.2 Å². The number of hydrogen-bond donors (Lipinski definition) is 2. The molecule has 1 aliphatic carbocycles. The maximum atomic E-state index is 12.6. The van der Waals surface area contributed by atoms with Crippen LogP contribution >= 0.6 is 11.8 Å². The van der Waals surface area contributed by atoms with Crippen LogP contribution in [0.3, 0.4) is 0 Å². The van der Waals surface area contributed by atoms with E-state index >= 15 is 0 Å². The third-order valence-electron chi connectivity index (χ3n) is 4.42. The van der Waals surface area contributed by atoms with Crippen LogP contribution in [0.4, 0.5) is 11.4 Å². The maximum absolute atomic E-state index is 12.6. The summed E-state index contributed by atoms with van der Waals surface area (Å²) in [5, 5.41) is 5.48. The first-order valence-electron chi connectivity index (χ1n) is 9.10. The van der Waals surface area contributed by atoms with E-state index in [1.807, 2.05) is 31.2 Å². The largest absolute Gasteiger partial charge is 0.497 e. The normalized spacial score (nSPS) is 14.1. The molecule has 2 N–H and O–H groups in total. The van der Waals surface area contributed by atoms with Crippen LogP contribution in [0.25, 0.3) is 0 Å². The second-order valence-corrected chi connectivity index (χ2v) is 8.02. The zero-order valence-corrected chi connectivity index (χ0v) is 17.0. The first-order chi connectivity index (χ1) is 13.5. The molecule has 7 heteroatoms. The molecule has 3 rings (SSSR count). The Morgan fingerprint density at radius 2 is 1.75 bits per heavy atom. The molecule has 2 amide bonds. The molecule has 1 atom stereocenters. The fourth-order valence-electron chi connectivity index (χ4n) is 2.61. The summed E-state index contributed by atoms with van der Waals surface area (Å²) in [5.41, 5.74) is 1.34. The van der Waals surface area contributed by atoms with Crippen molar-refractivity contribution in [3.8, 4) is 11.5 Å². The Labute approximate surface area is 169 Å². The van der Waals surface area contributed by atoms with Gasteiger partial charge in [0.1, 0.15) is 11.5 Å². The number of nitrogens with one attached hydrogen (secondary N) is 2. The van der Waals surface area contributed by atoms with Gasteiger partial charge in [-0.3, -0.25) is 9.59 Å². The molecule has 1 fully saturated rings. The first kappa shape index (κ1) is 20.1. The van der Waals surface area contributed by atoms with E-state index in [-0.39, 0.29) is 23.0 Å². The van der Waals surface area contributed by atoms with E-state index in [0.717, 1.165) is 23.4 Å². The Morgan fingerprint density at radius 3 is 2.36 bits per heavy atom. The lowest BCUT2D eigenvalue weighted by molar-refractivity contribution is -0.117. The summed E-state index contributed by atoms with van der Waals surface area (Å²) in [6.07, 6.45) is 1.95. The summed E-state index contributed by atoms with van der Waals surface area (Å²) >= 11 is 1.44. The topological polar surface area (TPSA) is 76.7 Å². The van der Waals surface area contributed by atoms with Gasteiger partial charge in [0.2, 0.25) is 11.8 Å². The Bertz CT molecular complexity index is 850. The lowest BCUT2D eigenvalue weighted by Crippen LogP contribution is -2.22. The monoisotopic (exact) mass is 400 g/mol. The van der Waals surface area contributed by atoms with E-state index in [2.05, 4.69) is 10.6 Å². The number of carbonyl (C=O) groups excluding carboxylic acids is 2. The lowest BCUT2D eigenvalue weighted by Gasteiger charge is -2.15. The van der Waals surface area contributed by atoms with Gasteiger partial charge in [0.15, 0.2) is 0 Å². The van der Waals surface area contributed by atoms with Crippen molar-refractivity contribution in [3.63, 3.8) is 0 Å². The molecule has 0 radical (unpaired) electrons. The van der Waals surface area contributed by atoms with Gasteiger partial charge in [0.25, 0.3) is 0 Å². The average molecular weight is 401 g/mol. The molecule has 6 nitrogen and oxygen atoms in total. The second-order valence-electron chi connectivity index (χ2n) is 6.60. The SMILES string of the molecule is COc1ccc(OC)c(NC(=O)C(C)Sc2ccc(NC(=O)C3CC3)cc2)c1. The highest BCUT2D eigenvalue weighted by atomic mass is 32.2. The Kier molecular flexibility index (Phi) is 6.46. The summed E-state index contributed by atoms with van der Waals surface area (Å²) < 4.78 is 10.5. The number of anilines is 2. The summed E-state index contributed by atoms with van der Waals surface area (Å²) in [6, 6.07) is 12.8. The number of benzene rings is 2. The van der Waals surface area contributed by atoms with Crippen LogP contribution in [0.5, 0.6) is 11.5 Å². The molecule has 28 heavy (non-hydrogen) atoms. The fraction of sp³-hybridized carbons (Fsp3) is 0.333. The van der Waals surface area contributed by atoms with E-state index in [1.165, 1.54) is 11.8 Å². The first-order valence-corrected chi connectivity index (χ1v) is 9.98. The molecular weight excluding hydrogens is 376 g/mol. The predicted molar refractivity (Wildman–Crippen MR) is 111 cm³/mol. The van der Waals surface area contributed by atoms with Crippen LogP contribution < -0.4 is 20.1 Å². The Morgan fingerprint density at radius 1 is 1.04 bits per heavy atom. The van der Waals surface area contributed by atoms with Crippen molar-refractivity contribution in [1.29, 1.82) is 0 Å². The van der Waals surface area contributed by atoms with Gasteiger partial charge in [-0.1, -0.05) is 0 Å². The van der Waals surface area contributed by atoms with Crippen molar-refractivity contribution < 1.29 is 19.1 Å². The average Bonchev–Trinajstić information content (AvgIpc) is 3.54. The van der Waals surface area contributed by atoms with Crippen LogP contribution in [-0.2, 0) is 9.59 Å². The minimum atomic E-state index is -0.317. The van der Waals surface area contributed by atoms with Gasteiger partial charge in [-0.2, -0.15) is 0 Å². The lowest BCUT2D eigenvalue weighted by atomic mass is 10.2. The highest BCUT2D eigenvalue weighted by Crippen LogP contribution is 2.32. The number of ether oxygens (including phenoxy) is 2. The number of carbonyl (C=O) groups is 2. The van der Waals surface area contributed by atoms with Crippen LogP contribution in [0.2, 0.25) is 0 Å². The second kappa shape index (κ2) is 9.01. The van der Waals surface area contributed by atoms with Crippen LogP contribution in [-0.4, -0.2) is 31.3 Å². The summed E-state index contributed by atoms with van der Waals surface area (Å²) in [6.45, 7) is 1.84. The highest BCUT2D eigenvalue weighted by Gasteiger charge is 2.29. The highest BCUT2D eigenvalue weighted by molar-refractivity contribution is 8.00. The van der Waals surface area contributed by atoms with Gasteiger partial charge in [-0.15, -0.1) is 11.8 Å². The van der Waals surface area contributed by atoms with Crippen LogP contribution in [0.1, 0.15) is 19.8 Å². The molecule has 1 aliphatic rings. The van der Waals surface area contributed by atoms with Crippen molar-refractivity contribution in [2.24, 2.45) is 5.92 Å². The van der Waals surface area contributed by atoms with Crippen molar-refractivity contribution >= 4 is 35.0 Å². The molecule has 0 aliphatic heterocycles. The smallest absolute Gasteiger partial charge is 0.237 e. The third-order valence-corrected chi connectivity index (χ3v) is 5.53. The van der Waals surface area contributed by atoms with Crippen molar-refractivity contribution in [2.75, 3.05) is 24.9 Å². The van der Waals surface area contributed by atoms with Crippen LogP contribution in [0, 0.1) is 5.92 Å². The van der Waals surface area contributed by atoms with Crippen molar-refractivity contribution in [2.45, 2.75) is 29.9 Å². The molecule has 0 spiro atoms. The number of amides is 2. The molecule has 0 saturated heterocycles. The molecule has 1 unspecified atom stereocenters. The van der Waals surface area contributed by atoms with Gasteiger partial charge in [-0.25, -0.2) is 0 Å². The molecular formula is C21H24N2O4S. The molecule has 2 aromatic carbocycles. The predicted octanol–water partition coefficient (Wildman–Crippen LogP) is 4.17. The molecule has 0 heterocycles. The fourth-order valence-corrected chi connectivity index (χ4v) is 3.48. The molecule has 2 aromatic rings. The third kappa shape index (κ3) is 5.19. The molecule has 0 bridgehead atoms. The van der Waals surface area contributed by atoms with Crippen LogP contribution in [0.15, 0.2) is 47.4 Å². The zero-order chi connectivity index (χ0) is 20.1. The van der Waals surface area contributed by atoms with Gasteiger partial charge in [0.05, 0.1) is 25.2 Å². The maximum Gasteiger partial charge on any atom is 0.237 e. The summed E-state index contributed by atoms with van der Waals surface area (Å²) in [7, 11) is 3.13. The van der Waals surface area contributed by atoms with E-state index in [4.69, 9.17) is 9.47 Å². The molecule has 1 saturated carbocycles. The number of hydrogen-bond acceptors (Lipinski definition) is 5. The van der Waals surface area contributed by atoms with Gasteiger partial charge in [0, 0.05) is 22.6 Å². The summed E-state index contributed by atoms with van der Waals surface area (Å²) in [5.74, 6) is 1.33. The summed E-state index contributed by atoms with van der Waals surface area (Å²) in [4.78, 5) is 25.4. The van der Waals surface area contributed by atoms with E-state index < -0.39 is 0 Å². The van der Waals surface area contributed by atoms with Gasteiger partial charge < -0.3 is 20.1 Å². The molecule has 0 aromatic heterocycles. The quantitative estimate of drug-likeness (QED) is 0.651. The van der Waals surface area contributed by atoms with E-state index in [9.17, 15) is 9.59 Å². The minimum Gasteiger partial charge on any atom is -0.497 e. The molecule has 148 valence electrons. The standard InChI is InChI=1S/C21H24N2O4S/c1-13(20(24)23-18-12-16(26-2)8-11-19(18)27-3)28-17-9-6-15(7-10-17)22-21(25)14-4-5-14/h6-14H,4-5H2,1-3H3,(H,22,25)(H,23,24).